The Morgan fingerprint density at radius 3 is 2.56 bits per heavy atom. The van der Waals surface area contributed by atoms with E-state index in [2.05, 4.69) is 26.0 Å². The highest BCUT2D eigenvalue weighted by atomic mass is 16.3. The van der Waals surface area contributed by atoms with Gasteiger partial charge in [0.2, 0.25) is 0 Å². The Bertz CT molecular complexity index is 665. The summed E-state index contributed by atoms with van der Waals surface area (Å²) in [5.74, 6) is 0.719. The van der Waals surface area contributed by atoms with Crippen LogP contribution in [0.3, 0.4) is 0 Å². The summed E-state index contributed by atoms with van der Waals surface area (Å²) in [5, 5.41) is 32.1. The molecule has 0 bridgehead atoms. The van der Waals surface area contributed by atoms with Gasteiger partial charge in [-0.25, -0.2) is 0 Å². The number of hydrogen-bond acceptors (Lipinski definition) is 4. The molecule has 0 unspecified atom stereocenters. The zero-order chi connectivity index (χ0) is 18.1. The number of carbonyl (C=O) groups is 1. The highest BCUT2D eigenvalue weighted by Crippen LogP contribution is 2.64. The van der Waals surface area contributed by atoms with Gasteiger partial charge in [-0.3, -0.25) is 4.79 Å². The largest absolute Gasteiger partial charge is 0.393 e. The van der Waals surface area contributed by atoms with Crippen molar-refractivity contribution in [2.45, 2.75) is 71.2 Å². The van der Waals surface area contributed by atoms with Crippen LogP contribution in [0, 0.1) is 28.6 Å². The zero-order valence-corrected chi connectivity index (χ0v) is 15.4. The molecule has 0 aromatic rings. The second kappa shape index (κ2) is 5.51. The van der Waals surface area contributed by atoms with Gasteiger partial charge < -0.3 is 15.3 Å². The third kappa shape index (κ3) is 2.20. The first-order valence-electron chi connectivity index (χ1n) is 9.65. The Labute approximate surface area is 149 Å². The number of aliphatic hydroxyl groups is 3. The number of ketones is 1. The summed E-state index contributed by atoms with van der Waals surface area (Å²) < 4.78 is 0. The van der Waals surface area contributed by atoms with Crippen molar-refractivity contribution >= 4 is 5.78 Å². The summed E-state index contributed by atoms with van der Waals surface area (Å²) in [6.07, 6.45) is 5.95. The maximum absolute atomic E-state index is 12.1. The number of hydrogen-bond donors (Lipinski definition) is 3. The van der Waals surface area contributed by atoms with Gasteiger partial charge in [-0.1, -0.05) is 31.6 Å². The van der Waals surface area contributed by atoms with E-state index in [1.807, 2.05) is 0 Å². The molecule has 8 atom stereocenters. The third-order valence-corrected chi connectivity index (χ3v) is 8.08. The molecule has 0 saturated heterocycles. The molecule has 2 fully saturated rings. The van der Waals surface area contributed by atoms with E-state index in [9.17, 15) is 20.1 Å². The van der Waals surface area contributed by atoms with Crippen molar-refractivity contribution in [3.63, 3.8) is 0 Å². The SMILES string of the molecule is CC(=O)C1=CC[C@@H]2[C@H]3CC=C4C[C@@H](O)C[C@H](O)[C@]4(C)[C@@H]3[C@H](O)C[C@]12C. The van der Waals surface area contributed by atoms with Gasteiger partial charge in [-0.2, -0.15) is 0 Å². The molecule has 25 heavy (non-hydrogen) atoms. The van der Waals surface area contributed by atoms with Gasteiger partial charge in [-0.15, -0.1) is 0 Å². The predicted molar refractivity (Wildman–Crippen MR) is 94.6 cm³/mol. The van der Waals surface area contributed by atoms with Crippen molar-refractivity contribution in [2.24, 2.45) is 28.6 Å². The lowest BCUT2D eigenvalue weighted by Gasteiger charge is -2.60. The van der Waals surface area contributed by atoms with Gasteiger partial charge in [-0.05, 0) is 55.9 Å². The highest BCUT2D eigenvalue weighted by Gasteiger charge is 2.62. The van der Waals surface area contributed by atoms with Crippen molar-refractivity contribution in [2.75, 3.05) is 0 Å². The second-order valence-electron chi connectivity index (χ2n) is 9.25. The zero-order valence-electron chi connectivity index (χ0n) is 15.4. The molecule has 4 aliphatic rings. The van der Waals surface area contributed by atoms with Crippen LogP contribution in [0.15, 0.2) is 23.3 Å². The molecule has 0 aliphatic heterocycles. The quantitative estimate of drug-likeness (QED) is 0.637. The number of rotatable bonds is 1. The first-order valence-corrected chi connectivity index (χ1v) is 9.65. The molecule has 0 spiro atoms. The van der Waals surface area contributed by atoms with Crippen molar-refractivity contribution in [1.29, 1.82) is 0 Å². The summed E-state index contributed by atoms with van der Waals surface area (Å²) in [4.78, 5) is 12.1. The molecule has 0 radical (unpaired) electrons. The molecule has 0 heterocycles. The van der Waals surface area contributed by atoms with Gasteiger partial charge >= 0.3 is 0 Å². The van der Waals surface area contributed by atoms with Crippen LogP contribution >= 0.6 is 0 Å². The lowest BCUT2D eigenvalue weighted by molar-refractivity contribution is -0.148. The van der Waals surface area contributed by atoms with Gasteiger partial charge in [0.25, 0.3) is 0 Å². The molecular formula is C21H30O4. The highest BCUT2D eigenvalue weighted by molar-refractivity contribution is 5.95. The number of fused-ring (bicyclic) bond motifs is 5. The Balaban J connectivity index is 1.75. The van der Waals surface area contributed by atoms with Crippen LogP contribution in [0.2, 0.25) is 0 Å². The fourth-order valence-electron chi connectivity index (χ4n) is 6.94. The lowest BCUT2D eigenvalue weighted by Crippen LogP contribution is -2.60. The third-order valence-electron chi connectivity index (χ3n) is 8.08. The van der Waals surface area contributed by atoms with E-state index in [1.165, 1.54) is 0 Å². The number of aliphatic hydroxyl groups excluding tert-OH is 3. The van der Waals surface area contributed by atoms with Crippen LogP contribution in [-0.2, 0) is 4.79 Å². The van der Waals surface area contributed by atoms with Gasteiger partial charge in [0, 0.05) is 17.3 Å². The summed E-state index contributed by atoms with van der Waals surface area (Å²) >= 11 is 0. The normalized spacial score (nSPS) is 51.8. The minimum atomic E-state index is -0.629. The lowest BCUT2D eigenvalue weighted by atomic mass is 9.46. The number of Topliss-reactive ketones (excluding diaryl/α,β-unsaturated/α-hetero) is 1. The van der Waals surface area contributed by atoms with Crippen LogP contribution in [0.25, 0.3) is 0 Å². The van der Waals surface area contributed by atoms with E-state index in [-0.39, 0.29) is 23.0 Å². The molecule has 138 valence electrons. The van der Waals surface area contributed by atoms with Crippen molar-refractivity contribution in [3.8, 4) is 0 Å². The Kier molecular flexibility index (Phi) is 3.85. The maximum Gasteiger partial charge on any atom is 0.156 e. The van der Waals surface area contributed by atoms with E-state index in [4.69, 9.17) is 0 Å². The molecule has 0 aromatic heterocycles. The van der Waals surface area contributed by atoms with Crippen LogP contribution < -0.4 is 0 Å². The molecule has 4 rings (SSSR count). The minimum absolute atomic E-state index is 0.00668. The Hall–Kier alpha value is -0.970. The Morgan fingerprint density at radius 1 is 1.16 bits per heavy atom. The second-order valence-corrected chi connectivity index (χ2v) is 9.25. The van der Waals surface area contributed by atoms with Gasteiger partial charge in [0.05, 0.1) is 18.3 Å². The van der Waals surface area contributed by atoms with Crippen LogP contribution in [-0.4, -0.2) is 39.4 Å². The molecule has 0 aromatic carbocycles. The van der Waals surface area contributed by atoms with Crippen molar-refractivity contribution in [1.82, 2.24) is 0 Å². The maximum atomic E-state index is 12.1. The topological polar surface area (TPSA) is 77.8 Å². The van der Waals surface area contributed by atoms with E-state index < -0.39 is 23.7 Å². The Morgan fingerprint density at radius 2 is 1.88 bits per heavy atom. The molecule has 4 heteroatoms. The number of allylic oxidation sites excluding steroid dienone is 3. The smallest absolute Gasteiger partial charge is 0.156 e. The molecule has 3 N–H and O–H groups in total. The summed E-state index contributed by atoms with van der Waals surface area (Å²) in [7, 11) is 0. The summed E-state index contributed by atoms with van der Waals surface area (Å²) in [5.41, 5.74) is 1.27. The van der Waals surface area contributed by atoms with E-state index in [0.29, 0.717) is 25.2 Å². The predicted octanol–water partition coefficient (Wildman–Crippen LogP) is 2.38. The van der Waals surface area contributed by atoms with Crippen LogP contribution in [0.5, 0.6) is 0 Å². The number of carbonyl (C=O) groups excluding carboxylic acids is 1. The fourth-order valence-corrected chi connectivity index (χ4v) is 6.94. The fraction of sp³-hybridized carbons (Fsp3) is 0.762. The summed E-state index contributed by atoms with van der Waals surface area (Å²) in [6.45, 7) is 5.84. The molecular weight excluding hydrogens is 316 g/mol. The van der Waals surface area contributed by atoms with E-state index in [1.54, 1.807) is 6.92 Å². The first kappa shape index (κ1) is 17.4. The van der Waals surface area contributed by atoms with Crippen LogP contribution in [0.1, 0.15) is 52.9 Å². The molecule has 4 nitrogen and oxygen atoms in total. The van der Waals surface area contributed by atoms with Gasteiger partial charge in [0.1, 0.15) is 0 Å². The molecule has 4 aliphatic carbocycles. The van der Waals surface area contributed by atoms with Crippen LogP contribution in [0.4, 0.5) is 0 Å². The monoisotopic (exact) mass is 346 g/mol. The van der Waals surface area contributed by atoms with Crippen molar-refractivity contribution in [3.05, 3.63) is 23.3 Å². The van der Waals surface area contributed by atoms with Gasteiger partial charge in [0.15, 0.2) is 5.78 Å². The van der Waals surface area contributed by atoms with Crippen molar-refractivity contribution < 1.29 is 20.1 Å². The summed E-state index contributed by atoms with van der Waals surface area (Å²) in [6, 6.07) is 0. The first-order chi connectivity index (χ1) is 11.7. The standard InChI is InChI=1S/C21H30O4/c1-11(22)15-6-7-16-14-5-4-12-8-13(23)9-18(25)21(12,3)19(14)17(24)10-20(15,16)2/h4,6,13-14,16-19,23-25H,5,7-10H2,1-3H3/t13-,14-,16-,17-,18+,19+,20-,21-/m1/s1. The average Bonchev–Trinajstić information content (AvgIpc) is 2.85. The minimum Gasteiger partial charge on any atom is -0.393 e. The van der Waals surface area contributed by atoms with E-state index >= 15 is 0 Å². The average molecular weight is 346 g/mol. The van der Waals surface area contributed by atoms with E-state index in [0.717, 1.165) is 24.0 Å². The molecule has 2 saturated carbocycles. The molecule has 0 amide bonds.